The van der Waals surface area contributed by atoms with Crippen LogP contribution < -0.4 is 10.9 Å². The summed E-state index contributed by atoms with van der Waals surface area (Å²) in [5.74, 6) is 0.0184. The summed E-state index contributed by atoms with van der Waals surface area (Å²) in [4.78, 5) is 18.8. The Morgan fingerprint density at radius 2 is 2.19 bits per heavy atom. The van der Waals surface area contributed by atoms with Crippen molar-refractivity contribution in [1.82, 2.24) is 15.3 Å². The number of aryl methyl sites for hydroxylation is 1. The molecule has 5 nitrogen and oxygen atoms in total. The summed E-state index contributed by atoms with van der Waals surface area (Å²) in [7, 11) is 1.62. The molecule has 0 amide bonds. The molecule has 0 radical (unpaired) electrons. The Labute approximate surface area is 122 Å². The second kappa shape index (κ2) is 7.10. The summed E-state index contributed by atoms with van der Waals surface area (Å²) < 4.78 is 18.3. The first-order valence-corrected chi connectivity index (χ1v) is 6.66. The van der Waals surface area contributed by atoms with Crippen molar-refractivity contribution in [2.45, 2.75) is 13.5 Å². The van der Waals surface area contributed by atoms with Crippen molar-refractivity contribution in [1.29, 1.82) is 0 Å². The summed E-state index contributed by atoms with van der Waals surface area (Å²) in [6.45, 7) is 3.55. The lowest BCUT2D eigenvalue weighted by molar-refractivity contribution is 0.199. The number of benzene rings is 1. The van der Waals surface area contributed by atoms with E-state index in [1.807, 2.05) is 6.92 Å². The molecule has 2 N–H and O–H groups in total. The molecule has 21 heavy (non-hydrogen) atoms. The Balaban J connectivity index is 2.26. The predicted octanol–water partition coefficient (Wildman–Crippen LogP) is 1.62. The number of nitrogens with zero attached hydrogens (tertiary/aromatic N) is 1. The number of nitrogens with one attached hydrogen (secondary N) is 2. The third-order valence-electron chi connectivity index (χ3n) is 3.04. The van der Waals surface area contributed by atoms with Gasteiger partial charge in [-0.15, -0.1) is 0 Å². The molecule has 0 saturated heterocycles. The van der Waals surface area contributed by atoms with Gasteiger partial charge in [0.25, 0.3) is 5.56 Å². The summed E-state index contributed by atoms with van der Waals surface area (Å²) in [5.41, 5.74) is 1.79. The zero-order valence-electron chi connectivity index (χ0n) is 12.1. The topological polar surface area (TPSA) is 67.0 Å². The van der Waals surface area contributed by atoms with Gasteiger partial charge in [-0.1, -0.05) is 6.07 Å². The Kier molecular flexibility index (Phi) is 5.19. The van der Waals surface area contributed by atoms with Crippen molar-refractivity contribution in [3.8, 4) is 11.4 Å². The molecule has 0 aliphatic rings. The number of ether oxygens (including phenoxy) is 1. The number of H-pyrrole nitrogens is 1. The lowest BCUT2D eigenvalue weighted by Crippen LogP contribution is -2.21. The number of aromatic amines is 1. The molecule has 0 aliphatic heterocycles. The number of halogens is 1. The SMILES string of the molecule is COCCNCc1cc(=O)[nH]c(-c2cc(F)ccc2C)n1. The highest BCUT2D eigenvalue weighted by Gasteiger charge is 2.08. The lowest BCUT2D eigenvalue weighted by Gasteiger charge is -2.08. The number of hydrogen-bond acceptors (Lipinski definition) is 4. The van der Waals surface area contributed by atoms with Gasteiger partial charge in [0.1, 0.15) is 11.6 Å². The molecule has 0 aliphatic carbocycles. The van der Waals surface area contributed by atoms with Gasteiger partial charge < -0.3 is 15.0 Å². The van der Waals surface area contributed by atoms with E-state index in [0.717, 1.165) is 5.56 Å². The first kappa shape index (κ1) is 15.3. The normalized spacial score (nSPS) is 10.8. The van der Waals surface area contributed by atoms with Crippen molar-refractivity contribution < 1.29 is 9.13 Å². The number of aromatic nitrogens is 2. The van der Waals surface area contributed by atoms with Crippen LogP contribution in [0.5, 0.6) is 0 Å². The van der Waals surface area contributed by atoms with Crippen LogP contribution in [0.2, 0.25) is 0 Å². The highest BCUT2D eigenvalue weighted by Crippen LogP contribution is 2.20. The molecule has 0 saturated carbocycles. The van der Waals surface area contributed by atoms with Crippen molar-refractivity contribution in [2.75, 3.05) is 20.3 Å². The van der Waals surface area contributed by atoms with Gasteiger partial charge in [-0.2, -0.15) is 0 Å². The van der Waals surface area contributed by atoms with Gasteiger partial charge >= 0.3 is 0 Å². The second-order valence-electron chi connectivity index (χ2n) is 4.71. The third kappa shape index (κ3) is 4.21. The van der Waals surface area contributed by atoms with Crippen LogP contribution in [-0.2, 0) is 11.3 Å². The van der Waals surface area contributed by atoms with Crippen LogP contribution in [-0.4, -0.2) is 30.2 Å². The second-order valence-corrected chi connectivity index (χ2v) is 4.71. The first-order valence-electron chi connectivity index (χ1n) is 6.66. The Morgan fingerprint density at radius 1 is 1.38 bits per heavy atom. The number of methoxy groups -OCH3 is 1. The minimum absolute atomic E-state index is 0.257. The number of rotatable bonds is 6. The van der Waals surface area contributed by atoms with Gasteiger partial charge in [0.15, 0.2) is 0 Å². The van der Waals surface area contributed by atoms with E-state index >= 15 is 0 Å². The van der Waals surface area contributed by atoms with Gasteiger partial charge in [-0.05, 0) is 24.6 Å². The van der Waals surface area contributed by atoms with Gasteiger partial charge in [0.05, 0.1) is 12.3 Å². The lowest BCUT2D eigenvalue weighted by atomic mass is 10.1. The first-order chi connectivity index (χ1) is 10.1. The molecule has 0 unspecified atom stereocenters. The molecule has 0 fully saturated rings. The highest BCUT2D eigenvalue weighted by atomic mass is 19.1. The molecule has 6 heteroatoms. The fraction of sp³-hybridized carbons (Fsp3) is 0.333. The number of hydrogen-bond donors (Lipinski definition) is 2. The standard InChI is InChI=1S/C15H18FN3O2/c1-10-3-4-11(16)7-13(10)15-18-12(8-14(20)19-15)9-17-5-6-21-2/h3-4,7-8,17H,5-6,9H2,1-2H3,(H,18,19,20). The quantitative estimate of drug-likeness (QED) is 0.794. The Hall–Kier alpha value is -2.05. The van der Waals surface area contributed by atoms with Crippen LogP contribution in [0.4, 0.5) is 4.39 Å². The fourth-order valence-electron chi connectivity index (χ4n) is 1.97. The zero-order valence-corrected chi connectivity index (χ0v) is 12.1. The fourth-order valence-corrected chi connectivity index (χ4v) is 1.97. The van der Waals surface area contributed by atoms with Crippen molar-refractivity contribution >= 4 is 0 Å². The molecular weight excluding hydrogens is 273 g/mol. The maximum absolute atomic E-state index is 13.4. The predicted molar refractivity (Wildman–Crippen MR) is 78.6 cm³/mol. The average molecular weight is 291 g/mol. The van der Waals surface area contributed by atoms with Crippen LogP contribution in [0.1, 0.15) is 11.3 Å². The van der Waals surface area contributed by atoms with E-state index in [1.54, 1.807) is 13.2 Å². The van der Waals surface area contributed by atoms with Crippen LogP contribution in [0.25, 0.3) is 11.4 Å². The minimum Gasteiger partial charge on any atom is -0.383 e. The van der Waals surface area contributed by atoms with E-state index < -0.39 is 0 Å². The summed E-state index contributed by atoms with van der Waals surface area (Å²) in [5, 5.41) is 3.12. The maximum Gasteiger partial charge on any atom is 0.251 e. The molecule has 2 aromatic rings. The van der Waals surface area contributed by atoms with Crippen molar-refractivity contribution in [3.05, 3.63) is 51.7 Å². The van der Waals surface area contributed by atoms with Gasteiger partial charge in [0, 0.05) is 31.8 Å². The molecular formula is C15H18FN3O2. The monoisotopic (exact) mass is 291 g/mol. The average Bonchev–Trinajstić information content (AvgIpc) is 2.45. The summed E-state index contributed by atoms with van der Waals surface area (Å²) in [6.07, 6.45) is 0. The van der Waals surface area contributed by atoms with E-state index in [9.17, 15) is 9.18 Å². The van der Waals surface area contributed by atoms with Crippen LogP contribution >= 0.6 is 0 Å². The minimum atomic E-state index is -0.359. The van der Waals surface area contributed by atoms with E-state index in [-0.39, 0.29) is 11.4 Å². The molecule has 1 heterocycles. The molecule has 0 bridgehead atoms. The van der Waals surface area contributed by atoms with Gasteiger partial charge in [-0.25, -0.2) is 9.37 Å². The van der Waals surface area contributed by atoms with Gasteiger partial charge in [-0.3, -0.25) is 4.79 Å². The Morgan fingerprint density at radius 3 is 2.95 bits per heavy atom. The van der Waals surface area contributed by atoms with Crippen LogP contribution in [0.15, 0.2) is 29.1 Å². The molecule has 1 aromatic heterocycles. The van der Waals surface area contributed by atoms with E-state index in [0.29, 0.717) is 36.8 Å². The molecule has 112 valence electrons. The molecule has 1 aromatic carbocycles. The summed E-state index contributed by atoms with van der Waals surface area (Å²) >= 11 is 0. The highest BCUT2D eigenvalue weighted by molar-refractivity contribution is 5.59. The van der Waals surface area contributed by atoms with Crippen LogP contribution in [0, 0.1) is 12.7 Å². The van der Waals surface area contributed by atoms with Crippen molar-refractivity contribution in [2.24, 2.45) is 0 Å². The van der Waals surface area contributed by atoms with E-state index in [4.69, 9.17) is 4.74 Å². The summed E-state index contributed by atoms with van der Waals surface area (Å²) in [6, 6.07) is 5.84. The smallest absolute Gasteiger partial charge is 0.251 e. The van der Waals surface area contributed by atoms with Crippen LogP contribution in [0.3, 0.4) is 0 Å². The molecule has 0 spiro atoms. The third-order valence-corrected chi connectivity index (χ3v) is 3.04. The molecule has 0 atom stereocenters. The molecule has 2 rings (SSSR count). The zero-order chi connectivity index (χ0) is 15.2. The maximum atomic E-state index is 13.4. The van der Waals surface area contributed by atoms with Gasteiger partial charge in [0.2, 0.25) is 0 Å². The van der Waals surface area contributed by atoms with Crippen molar-refractivity contribution in [3.63, 3.8) is 0 Å². The largest absolute Gasteiger partial charge is 0.383 e. The van der Waals surface area contributed by atoms with E-state index in [1.165, 1.54) is 18.2 Å². The Bertz CT molecular complexity index is 670. The van der Waals surface area contributed by atoms with E-state index in [2.05, 4.69) is 15.3 Å².